The van der Waals surface area contributed by atoms with Crippen LogP contribution in [0.15, 0.2) is 24.3 Å². The second kappa shape index (κ2) is 56.5. The summed E-state index contributed by atoms with van der Waals surface area (Å²) in [7, 11) is 0. The SMILES string of the molecule is CCCCCCCC/C=C\CCCCCCCC(=O)OCC(COC(=O)CCCCCCC/C=C\CCCCCCCC)OC(=O)CCCCCCCCCCCCCCCCCCCCC. The van der Waals surface area contributed by atoms with Gasteiger partial charge in [0.1, 0.15) is 13.2 Å². The highest BCUT2D eigenvalue weighted by Crippen LogP contribution is 2.17. The van der Waals surface area contributed by atoms with Crippen LogP contribution in [0.3, 0.4) is 0 Å². The average Bonchev–Trinajstić information content (AvgIpc) is 3.33. The van der Waals surface area contributed by atoms with Gasteiger partial charge in [0.25, 0.3) is 0 Å². The first-order chi connectivity index (χ1) is 33.0. The topological polar surface area (TPSA) is 78.9 Å². The monoisotopic (exact) mass is 943 g/mol. The van der Waals surface area contributed by atoms with Gasteiger partial charge in [-0.1, -0.05) is 263 Å². The molecule has 0 rings (SSSR count). The van der Waals surface area contributed by atoms with Gasteiger partial charge in [0.2, 0.25) is 0 Å². The van der Waals surface area contributed by atoms with E-state index in [0.29, 0.717) is 19.3 Å². The van der Waals surface area contributed by atoms with Crippen LogP contribution in [-0.2, 0) is 28.6 Å². The molecule has 0 aromatic rings. The fraction of sp³-hybridized carbons (Fsp3) is 0.885. The van der Waals surface area contributed by atoms with E-state index in [1.807, 2.05) is 0 Å². The number of carbonyl (C=O) groups is 3. The highest BCUT2D eigenvalue weighted by Gasteiger charge is 2.19. The summed E-state index contributed by atoms with van der Waals surface area (Å²) in [6.45, 7) is 6.67. The summed E-state index contributed by atoms with van der Waals surface area (Å²) in [5.74, 6) is -0.868. The Morgan fingerprint density at radius 2 is 0.493 bits per heavy atom. The molecule has 0 aromatic heterocycles. The van der Waals surface area contributed by atoms with Crippen LogP contribution in [0.4, 0.5) is 0 Å². The molecule has 6 nitrogen and oxygen atoms in total. The van der Waals surface area contributed by atoms with E-state index in [1.165, 1.54) is 218 Å². The van der Waals surface area contributed by atoms with E-state index in [4.69, 9.17) is 14.2 Å². The molecular weight excluding hydrogens is 829 g/mol. The summed E-state index contributed by atoms with van der Waals surface area (Å²) in [4.78, 5) is 38.2. The van der Waals surface area contributed by atoms with Crippen LogP contribution in [0.5, 0.6) is 0 Å². The van der Waals surface area contributed by atoms with Crippen molar-refractivity contribution in [1.82, 2.24) is 0 Å². The van der Waals surface area contributed by atoms with Gasteiger partial charge >= 0.3 is 17.9 Å². The third-order valence-corrected chi connectivity index (χ3v) is 13.4. The number of ether oxygens (including phenoxy) is 3. The third kappa shape index (κ3) is 54.7. The first-order valence-corrected chi connectivity index (χ1v) is 29.8. The summed E-state index contributed by atoms with van der Waals surface area (Å²) in [6, 6.07) is 0. The van der Waals surface area contributed by atoms with Crippen molar-refractivity contribution in [3.63, 3.8) is 0 Å². The van der Waals surface area contributed by atoms with Gasteiger partial charge in [-0.2, -0.15) is 0 Å². The van der Waals surface area contributed by atoms with Gasteiger partial charge in [-0.25, -0.2) is 0 Å². The molecule has 0 aromatic carbocycles. The van der Waals surface area contributed by atoms with E-state index in [2.05, 4.69) is 45.1 Å². The second-order valence-electron chi connectivity index (χ2n) is 20.3. The van der Waals surface area contributed by atoms with Gasteiger partial charge in [-0.15, -0.1) is 0 Å². The highest BCUT2D eigenvalue weighted by atomic mass is 16.6. The van der Waals surface area contributed by atoms with Crippen molar-refractivity contribution >= 4 is 17.9 Å². The number of rotatable bonds is 55. The van der Waals surface area contributed by atoms with Crippen molar-refractivity contribution in [3.05, 3.63) is 24.3 Å². The Kier molecular flexibility index (Phi) is 54.7. The predicted molar refractivity (Wildman–Crippen MR) is 289 cm³/mol. The molecule has 0 aliphatic heterocycles. The molecule has 0 amide bonds. The van der Waals surface area contributed by atoms with E-state index >= 15 is 0 Å². The van der Waals surface area contributed by atoms with Gasteiger partial charge in [0.15, 0.2) is 6.10 Å². The number of hydrogen-bond acceptors (Lipinski definition) is 6. The third-order valence-electron chi connectivity index (χ3n) is 13.4. The predicted octanol–water partition coefficient (Wildman–Crippen LogP) is 19.9. The molecule has 0 aliphatic rings. The van der Waals surface area contributed by atoms with Crippen LogP contribution in [0.2, 0.25) is 0 Å². The molecule has 0 N–H and O–H groups in total. The maximum atomic E-state index is 12.9. The van der Waals surface area contributed by atoms with Crippen molar-refractivity contribution in [2.24, 2.45) is 0 Å². The fourth-order valence-electron chi connectivity index (χ4n) is 8.91. The quantitative estimate of drug-likeness (QED) is 0.0262. The molecule has 0 saturated carbocycles. The zero-order valence-corrected chi connectivity index (χ0v) is 45.2. The number of carbonyl (C=O) groups excluding carboxylic acids is 3. The van der Waals surface area contributed by atoms with Crippen molar-refractivity contribution in [2.75, 3.05) is 13.2 Å². The van der Waals surface area contributed by atoms with E-state index in [0.717, 1.165) is 70.6 Å². The molecule has 0 atom stereocenters. The molecular formula is C61H114O6. The lowest BCUT2D eigenvalue weighted by molar-refractivity contribution is -0.167. The summed E-state index contributed by atoms with van der Waals surface area (Å²) in [5.41, 5.74) is 0. The van der Waals surface area contributed by atoms with Crippen molar-refractivity contribution in [1.29, 1.82) is 0 Å². The Morgan fingerprint density at radius 3 is 0.746 bits per heavy atom. The standard InChI is InChI=1S/C61H114O6/c1-4-7-10-13-16-19-22-25-28-29-30-31-34-37-40-43-46-49-52-55-61(64)67-58(56-65-59(62)53-50-47-44-41-38-35-32-26-23-20-17-14-11-8-5-2)57-66-60(63)54-51-48-45-42-39-36-33-27-24-21-18-15-12-9-6-3/h26-27,32-33,58H,4-25,28-31,34-57H2,1-3H3/b32-26-,33-27-. The first-order valence-electron chi connectivity index (χ1n) is 29.8. The number of unbranched alkanes of at least 4 members (excludes halogenated alkanes) is 40. The molecule has 394 valence electrons. The minimum absolute atomic E-state index is 0.0739. The maximum absolute atomic E-state index is 12.9. The van der Waals surface area contributed by atoms with Crippen LogP contribution < -0.4 is 0 Å². The normalized spacial score (nSPS) is 11.7. The number of hydrogen-bond donors (Lipinski definition) is 0. The lowest BCUT2D eigenvalue weighted by Gasteiger charge is -2.18. The lowest BCUT2D eigenvalue weighted by atomic mass is 10.0. The van der Waals surface area contributed by atoms with E-state index < -0.39 is 6.10 Å². The van der Waals surface area contributed by atoms with Crippen molar-refractivity contribution in [2.45, 2.75) is 335 Å². The van der Waals surface area contributed by atoms with Crippen LogP contribution in [-0.4, -0.2) is 37.2 Å². The second-order valence-corrected chi connectivity index (χ2v) is 20.3. The van der Waals surface area contributed by atoms with Gasteiger partial charge in [-0.05, 0) is 70.6 Å². The molecule has 0 fully saturated rings. The maximum Gasteiger partial charge on any atom is 0.306 e. The van der Waals surface area contributed by atoms with E-state index in [9.17, 15) is 14.4 Å². The van der Waals surface area contributed by atoms with Crippen LogP contribution in [0, 0.1) is 0 Å². The Morgan fingerprint density at radius 1 is 0.284 bits per heavy atom. The molecule has 0 spiro atoms. The smallest absolute Gasteiger partial charge is 0.306 e. The summed E-state index contributed by atoms with van der Waals surface area (Å²) in [5, 5.41) is 0. The van der Waals surface area contributed by atoms with Crippen LogP contribution in [0.25, 0.3) is 0 Å². The molecule has 0 saturated heterocycles. The Bertz CT molecular complexity index is 1030. The molecule has 0 heterocycles. The molecule has 6 heteroatoms. The number of esters is 3. The van der Waals surface area contributed by atoms with Crippen LogP contribution in [0.1, 0.15) is 329 Å². The molecule has 0 aliphatic carbocycles. The average molecular weight is 944 g/mol. The Labute approximate surface area is 417 Å². The van der Waals surface area contributed by atoms with Crippen molar-refractivity contribution < 1.29 is 28.6 Å². The van der Waals surface area contributed by atoms with E-state index in [1.54, 1.807) is 0 Å². The summed E-state index contributed by atoms with van der Waals surface area (Å²) < 4.78 is 16.9. The first kappa shape index (κ1) is 64.9. The van der Waals surface area contributed by atoms with Crippen LogP contribution >= 0.6 is 0 Å². The minimum atomic E-state index is -0.774. The van der Waals surface area contributed by atoms with Gasteiger partial charge in [0.05, 0.1) is 0 Å². The summed E-state index contributed by atoms with van der Waals surface area (Å²) >= 11 is 0. The largest absolute Gasteiger partial charge is 0.462 e. The summed E-state index contributed by atoms with van der Waals surface area (Å²) in [6.07, 6.45) is 66.0. The minimum Gasteiger partial charge on any atom is -0.462 e. The van der Waals surface area contributed by atoms with E-state index in [-0.39, 0.29) is 31.1 Å². The van der Waals surface area contributed by atoms with Gasteiger partial charge in [-0.3, -0.25) is 14.4 Å². The fourth-order valence-corrected chi connectivity index (χ4v) is 8.91. The Balaban J connectivity index is 4.33. The lowest BCUT2D eigenvalue weighted by Crippen LogP contribution is -2.30. The zero-order chi connectivity index (χ0) is 48.6. The molecule has 0 radical (unpaired) electrons. The molecule has 0 bridgehead atoms. The van der Waals surface area contributed by atoms with Gasteiger partial charge in [0, 0.05) is 19.3 Å². The highest BCUT2D eigenvalue weighted by molar-refractivity contribution is 5.71. The Hall–Kier alpha value is -2.11. The van der Waals surface area contributed by atoms with Crippen molar-refractivity contribution in [3.8, 4) is 0 Å². The number of allylic oxidation sites excluding steroid dienone is 4. The molecule has 0 unspecified atom stereocenters. The van der Waals surface area contributed by atoms with Gasteiger partial charge < -0.3 is 14.2 Å². The molecule has 67 heavy (non-hydrogen) atoms. The zero-order valence-electron chi connectivity index (χ0n) is 45.2.